The van der Waals surface area contributed by atoms with E-state index < -0.39 is 0 Å². The minimum atomic E-state index is 0.00967. The number of anilines is 1. The van der Waals surface area contributed by atoms with E-state index in [1.807, 2.05) is 41.9 Å². The van der Waals surface area contributed by atoms with Crippen molar-refractivity contribution < 1.29 is 4.79 Å². The Morgan fingerprint density at radius 3 is 3.00 bits per heavy atom. The summed E-state index contributed by atoms with van der Waals surface area (Å²) in [5.41, 5.74) is 4.08. The second-order valence-electron chi connectivity index (χ2n) is 7.84. The van der Waals surface area contributed by atoms with E-state index in [1.165, 1.54) is 5.39 Å². The molecule has 0 spiro atoms. The molecular formula is C24H24N4OS. The first-order valence-corrected chi connectivity index (χ1v) is 11.2. The highest BCUT2D eigenvalue weighted by Crippen LogP contribution is 2.27. The number of H-pyrrole nitrogens is 1. The molecule has 1 fully saturated rings. The van der Waals surface area contributed by atoms with E-state index >= 15 is 0 Å². The van der Waals surface area contributed by atoms with Crippen molar-refractivity contribution >= 4 is 33.8 Å². The number of nitrogens with zero attached hydrogens (tertiary/aromatic N) is 2. The number of aromatic amines is 1. The van der Waals surface area contributed by atoms with Gasteiger partial charge in [-0.15, -0.1) is 11.3 Å². The molecule has 0 radical (unpaired) electrons. The van der Waals surface area contributed by atoms with Gasteiger partial charge < -0.3 is 10.3 Å². The number of benzene rings is 2. The molecule has 0 aliphatic carbocycles. The Hall–Kier alpha value is -2.96. The van der Waals surface area contributed by atoms with Crippen LogP contribution in [-0.4, -0.2) is 33.9 Å². The maximum Gasteiger partial charge on any atom is 0.228 e. The zero-order valence-corrected chi connectivity index (χ0v) is 17.5. The Balaban J connectivity index is 1.27. The maximum absolute atomic E-state index is 12.9. The highest BCUT2D eigenvalue weighted by molar-refractivity contribution is 7.09. The molecule has 1 aliphatic rings. The summed E-state index contributed by atoms with van der Waals surface area (Å²) < 4.78 is 0. The summed E-state index contributed by atoms with van der Waals surface area (Å²) in [7, 11) is 0. The zero-order chi connectivity index (χ0) is 20.3. The van der Waals surface area contributed by atoms with Crippen LogP contribution >= 0.6 is 11.3 Å². The van der Waals surface area contributed by atoms with E-state index in [2.05, 4.69) is 44.5 Å². The number of rotatable bonds is 5. The van der Waals surface area contributed by atoms with Crippen LogP contribution in [0.25, 0.3) is 22.2 Å². The number of para-hydroxylation sites is 1. The molecule has 1 atom stereocenters. The summed E-state index contributed by atoms with van der Waals surface area (Å²) in [4.78, 5) is 23.1. The zero-order valence-electron chi connectivity index (χ0n) is 16.7. The summed E-state index contributed by atoms with van der Waals surface area (Å²) in [6, 6.07) is 18.4. The van der Waals surface area contributed by atoms with Gasteiger partial charge in [0, 0.05) is 46.0 Å². The molecule has 5 nitrogen and oxygen atoms in total. The topological polar surface area (TPSA) is 61.0 Å². The summed E-state index contributed by atoms with van der Waals surface area (Å²) in [6.45, 7) is 2.64. The number of amides is 1. The Labute approximate surface area is 179 Å². The van der Waals surface area contributed by atoms with Crippen molar-refractivity contribution in [2.24, 2.45) is 5.92 Å². The van der Waals surface area contributed by atoms with E-state index in [-0.39, 0.29) is 11.8 Å². The smallest absolute Gasteiger partial charge is 0.228 e. The van der Waals surface area contributed by atoms with Crippen LogP contribution in [0.1, 0.15) is 17.8 Å². The van der Waals surface area contributed by atoms with Crippen LogP contribution in [0.15, 0.2) is 66.2 Å². The SMILES string of the molecule is O=C(Nc1cccc(-c2cc3ccccc3[nH]2)c1)C1CCCN(Cc2nccs2)C1. The van der Waals surface area contributed by atoms with Crippen molar-refractivity contribution in [3.63, 3.8) is 0 Å². The van der Waals surface area contributed by atoms with Crippen molar-refractivity contribution in [2.75, 3.05) is 18.4 Å². The molecule has 1 unspecified atom stereocenters. The summed E-state index contributed by atoms with van der Waals surface area (Å²) in [6.07, 6.45) is 3.81. The van der Waals surface area contributed by atoms with Gasteiger partial charge >= 0.3 is 0 Å². The van der Waals surface area contributed by atoms with Crippen molar-refractivity contribution in [1.29, 1.82) is 0 Å². The Morgan fingerprint density at radius 1 is 1.20 bits per heavy atom. The van der Waals surface area contributed by atoms with Crippen molar-refractivity contribution in [1.82, 2.24) is 14.9 Å². The minimum absolute atomic E-state index is 0.00967. The van der Waals surface area contributed by atoms with Crippen LogP contribution in [0.5, 0.6) is 0 Å². The average molecular weight is 417 g/mol. The number of likely N-dealkylation sites (tertiary alicyclic amines) is 1. The molecule has 5 rings (SSSR count). The fraction of sp³-hybridized carbons (Fsp3) is 0.250. The number of nitrogens with one attached hydrogen (secondary N) is 2. The number of thiazole rings is 1. The largest absolute Gasteiger partial charge is 0.355 e. The van der Waals surface area contributed by atoms with Crippen molar-refractivity contribution in [2.45, 2.75) is 19.4 Å². The first-order valence-electron chi connectivity index (χ1n) is 10.3. The predicted molar refractivity (Wildman–Crippen MR) is 122 cm³/mol. The van der Waals surface area contributed by atoms with Gasteiger partial charge in [0.1, 0.15) is 5.01 Å². The van der Waals surface area contributed by atoms with Crippen LogP contribution in [0.3, 0.4) is 0 Å². The third-order valence-electron chi connectivity index (χ3n) is 5.69. The summed E-state index contributed by atoms with van der Waals surface area (Å²) >= 11 is 1.67. The number of fused-ring (bicyclic) bond motifs is 1. The molecule has 2 N–H and O–H groups in total. The summed E-state index contributed by atoms with van der Waals surface area (Å²) in [5.74, 6) is 0.114. The van der Waals surface area contributed by atoms with Gasteiger partial charge in [-0.1, -0.05) is 30.3 Å². The highest BCUT2D eigenvalue weighted by atomic mass is 32.1. The predicted octanol–water partition coefficient (Wildman–Crippen LogP) is 5.14. The van der Waals surface area contributed by atoms with E-state index in [4.69, 9.17) is 0 Å². The Bertz CT molecular complexity index is 1120. The first kappa shape index (κ1) is 19.0. The maximum atomic E-state index is 12.9. The van der Waals surface area contributed by atoms with Gasteiger partial charge in [0.15, 0.2) is 0 Å². The molecule has 2 aromatic heterocycles. The minimum Gasteiger partial charge on any atom is -0.355 e. The molecule has 6 heteroatoms. The second-order valence-corrected chi connectivity index (χ2v) is 8.82. The van der Waals surface area contributed by atoms with Gasteiger partial charge in [0.05, 0.1) is 12.5 Å². The molecule has 0 bridgehead atoms. The van der Waals surface area contributed by atoms with Crippen LogP contribution < -0.4 is 5.32 Å². The Kier molecular flexibility index (Phi) is 5.34. The first-order chi connectivity index (χ1) is 14.7. The van der Waals surface area contributed by atoms with Crippen LogP contribution in [-0.2, 0) is 11.3 Å². The lowest BCUT2D eigenvalue weighted by Crippen LogP contribution is -2.40. The standard InChI is InChI=1S/C24H24N4OS/c29-24(19-7-4-11-28(15-19)16-23-25-10-12-30-23)26-20-8-3-6-17(13-20)22-14-18-5-1-2-9-21(18)27-22/h1-3,5-6,8-10,12-14,19,27H,4,7,11,15-16H2,(H,26,29). The third-order valence-corrected chi connectivity index (χ3v) is 6.45. The average Bonchev–Trinajstić information content (AvgIpc) is 3.44. The van der Waals surface area contributed by atoms with E-state index in [1.54, 1.807) is 11.3 Å². The van der Waals surface area contributed by atoms with Gasteiger partial charge in [0.2, 0.25) is 5.91 Å². The number of hydrogen-bond donors (Lipinski definition) is 2. The lowest BCUT2D eigenvalue weighted by Gasteiger charge is -2.31. The molecule has 4 aromatic rings. The van der Waals surface area contributed by atoms with Gasteiger partial charge in [0.25, 0.3) is 0 Å². The molecule has 152 valence electrons. The molecule has 1 saturated heterocycles. The number of piperidine rings is 1. The molecule has 1 amide bonds. The van der Waals surface area contributed by atoms with Gasteiger partial charge in [-0.2, -0.15) is 0 Å². The summed E-state index contributed by atoms with van der Waals surface area (Å²) in [5, 5.41) is 7.44. The molecular weight excluding hydrogens is 392 g/mol. The lowest BCUT2D eigenvalue weighted by molar-refractivity contribution is -0.121. The monoisotopic (exact) mass is 416 g/mol. The lowest BCUT2D eigenvalue weighted by atomic mass is 9.97. The fourth-order valence-electron chi connectivity index (χ4n) is 4.17. The molecule has 0 saturated carbocycles. The van der Waals surface area contributed by atoms with Crippen LogP contribution in [0.4, 0.5) is 5.69 Å². The van der Waals surface area contributed by atoms with E-state index in [0.717, 1.165) is 59.9 Å². The van der Waals surface area contributed by atoms with E-state index in [9.17, 15) is 4.79 Å². The quantitative estimate of drug-likeness (QED) is 0.473. The van der Waals surface area contributed by atoms with Gasteiger partial charge in [-0.3, -0.25) is 9.69 Å². The van der Waals surface area contributed by atoms with Gasteiger partial charge in [-0.05, 0) is 43.7 Å². The number of carbonyl (C=O) groups is 1. The molecule has 3 heterocycles. The number of hydrogen-bond acceptors (Lipinski definition) is 4. The Morgan fingerprint density at radius 2 is 2.13 bits per heavy atom. The van der Waals surface area contributed by atoms with Crippen LogP contribution in [0, 0.1) is 5.92 Å². The highest BCUT2D eigenvalue weighted by Gasteiger charge is 2.26. The van der Waals surface area contributed by atoms with E-state index in [0.29, 0.717) is 0 Å². The number of aromatic nitrogens is 2. The van der Waals surface area contributed by atoms with Crippen LogP contribution in [0.2, 0.25) is 0 Å². The molecule has 1 aliphatic heterocycles. The number of carbonyl (C=O) groups excluding carboxylic acids is 1. The van der Waals surface area contributed by atoms with Gasteiger partial charge in [-0.25, -0.2) is 4.98 Å². The van der Waals surface area contributed by atoms with Crippen molar-refractivity contribution in [3.8, 4) is 11.3 Å². The van der Waals surface area contributed by atoms with Crippen molar-refractivity contribution in [3.05, 3.63) is 71.2 Å². The fourth-order valence-corrected chi connectivity index (χ4v) is 4.83. The second kappa shape index (κ2) is 8.42. The normalized spacial score (nSPS) is 17.3. The molecule has 2 aromatic carbocycles. The molecule has 30 heavy (non-hydrogen) atoms. The third kappa shape index (κ3) is 4.15.